The largest absolute Gasteiger partial charge is 0.492 e. The first kappa shape index (κ1) is 20.2. The van der Waals surface area contributed by atoms with Crippen molar-refractivity contribution < 1.29 is 14.1 Å². The van der Waals surface area contributed by atoms with E-state index >= 15 is 0 Å². The van der Waals surface area contributed by atoms with E-state index in [0.717, 1.165) is 21.9 Å². The van der Waals surface area contributed by atoms with Crippen molar-refractivity contribution in [3.8, 4) is 0 Å². The van der Waals surface area contributed by atoms with Gasteiger partial charge < -0.3 is 14.6 Å². The third kappa shape index (κ3) is 4.75. The van der Waals surface area contributed by atoms with Crippen LogP contribution in [0.25, 0.3) is 6.08 Å². The Kier molecular flexibility index (Phi) is 6.18. The average molecular weight is 408 g/mol. The van der Waals surface area contributed by atoms with Crippen molar-refractivity contribution >= 4 is 35.0 Å². The van der Waals surface area contributed by atoms with Crippen LogP contribution in [-0.2, 0) is 20.5 Å². The van der Waals surface area contributed by atoms with Crippen molar-refractivity contribution in [1.82, 2.24) is 5.32 Å². The van der Waals surface area contributed by atoms with Gasteiger partial charge in [0, 0.05) is 17.9 Å². The summed E-state index contributed by atoms with van der Waals surface area (Å²) in [6.45, 7) is 12.1. The zero-order valence-corrected chi connectivity index (χ0v) is 17.5. The van der Waals surface area contributed by atoms with Gasteiger partial charge in [-0.2, -0.15) is 0 Å². The summed E-state index contributed by atoms with van der Waals surface area (Å²) in [6, 6.07) is 6.21. The lowest BCUT2D eigenvalue weighted by molar-refractivity contribution is -0.118. The van der Waals surface area contributed by atoms with Crippen LogP contribution < -0.4 is 5.32 Å². The molecule has 1 aromatic carbocycles. The first-order chi connectivity index (χ1) is 11.6. The lowest BCUT2D eigenvalue weighted by atomic mass is 9.76. The van der Waals surface area contributed by atoms with Gasteiger partial charge in [-0.1, -0.05) is 35.0 Å². The molecule has 25 heavy (non-hydrogen) atoms. The summed E-state index contributed by atoms with van der Waals surface area (Å²) in [5, 5.41) is 2.87. The molecule has 1 N–H and O–H groups in total. The molecule has 136 valence electrons. The van der Waals surface area contributed by atoms with Gasteiger partial charge in [0.05, 0.1) is 11.2 Å². The lowest BCUT2D eigenvalue weighted by Gasteiger charge is -2.32. The SMILES string of the molecule is CCc1cc(Br)ccc1C=C(CNC(C)=O)B1OC(C)(C)C(C)(C)O1. The molecule has 6 heteroatoms. The third-order valence-electron chi connectivity index (χ3n) is 4.92. The summed E-state index contributed by atoms with van der Waals surface area (Å²) in [6.07, 6.45) is 2.99. The Balaban J connectivity index is 2.38. The third-order valence-corrected chi connectivity index (χ3v) is 5.42. The van der Waals surface area contributed by atoms with E-state index in [-0.39, 0.29) is 5.91 Å². The van der Waals surface area contributed by atoms with Crippen LogP contribution in [0.1, 0.15) is 52.7 Å². The maximum atomic E-state index is 11.4. The van der Waals surface area contributed by atoms with Crippen molar-refractivity contribution in [1.29, 1.82) is 0 Å². The highest BCUT2D eigenvalue weighted by Crippen LogP contribution is 2.38. The standard InChI is InChI=1S/C19H27BBrNO3/c1-7-14-11-17(21)9-8-15(14)10-16(12-22-13(2)23)20-24-18(3,4)19(5,6)25-20/h8-11H,7,12H2,1-6H3,(H,22,23). The number of halogens is 1. The number of nitrogens with one attached hydrogen (secondary N) is 1. The molecule has 0 bridgehead atoms. The fourth-order valence-electron chi connectivity index (χ4n) is 2.64. The van der Waals surface area contributed by atoms with E-state index in [2.05, 4.69) is 46.4 Å². The molecular weight excluding hydrogens is 381 g/mol. The van der Waals surface area contributed by atoms with Gasteiger partial charge >= 0.3 is 7.12 Å². The summed E-state index contributed by atoms with van der Waals surface area (Å²) < 4.78 is 13.4. The number of aryl methyl sites for hydroxylation is 1. The second-order valence-electron chi connectivity index (χ2n) is 7.41. The van der Waals surface area contributed by atoms with Crippen LogP contribution >= 0.6 is 15.9 Å². The molecule has 0 radical (unpaired) electrons. The first-order valence-electron chi connectivity index (χ1n) is 8.64. The molecule has 1 fully saturated rings. The minimum atomic E-state index is -0.481. The van der Waals surface area contributed by atoms with Crippen molar-refractivity contribution in [3.63, 3.8) is 0 Å². The van der Waals surface area contributed by atoms with Gasteiger partial charge in [0.25, 0.3) is 0 Å². The van der Waals surface area contributed by atoms with Gasteiger partial charge in [-0.15, -0.1) is 0 Å². The minimum absolute atomic E-state index is 0.0751. The van der Waals surface area contributed by atoms with Crippen LogP contribution in [-0.4, -0.2) is 30.8 Å². The second-order valence-corrected chi connectivity index (χ2v) is 8.33. The summed E-state index contributed by atoms with van der Waals surface area (Å²) in [5.74, 6) is -0.0751. The molecule has 0 aromatic heterocycles. The summed E-state index contributed by atoms with van der Waals surface area (Å²) in [4.78, 5) is 11.4. The predicted octanol–water partition coefficient (Wildman–Crippen LogP) is 4.16. The van der Waals surface area contributed by atoms with Crippen LogP contribution in [0.2, 0.25) is 0 Å². The van der Waals surface area contributed by atoms with Crippen LogP contribution in [0.15, 0.2) is 28.1 Å². The van der Waals surface area contributed by atoms with E-state index in [9.17, 15) is 4.79 Å². The Morgan fingerprint density at radius 2 is 1.84 bits per heavy atom. The van der Waals surface area contributed by atoms with Gasteiger partial charge in [0.2, 0.25) is 5.91 Å². The maximum Gasteiger partial charge on any atom is 0.492 e. The van der Waals surface area contributed by atoms with Gasteiger partial charge in [-0.05, 0) is 62.8 Å². The normalized spacial score (nSPS) is 19.2. The van der Waals surface area contributed by atoms with Crippen LogP contribution in [0.5, 0.6) is 0 Å². The van der Waals surface area contributed by atoms with Crippen molar-refractivity contribution in [2.45, 2.75) is 59.2 Å². The van der Waals surface area contributed by atoms with Crippen molar-refractivity contribution in [3.05, 3.63) is 39.3 Å². The van der Waals surface area contributed by atoms with Crippen LogP contribution in [0, 0.1) is 0 Å². The van der Waals surface area contributed by atoms with E-state index < -0.39 is 18.3 Å². The predicted molar refractivity (Wildman–Crippen MR) is 106 cm³/mol. The minimum Gasteiger partial charge on any atom is -0.400 e. The molecule has 1 heterocycles. The van der Waals surface area contributed by atoms with E-state index in [1.54, 1.807) is 0 Å². The number of amides is 1. The molecule has 0 aliphatic carbocycles. The van der Waals surface area contributed by atoms with E-state index in [4.69, 9.17) is 9.31 Å². The highest BCUT2D eigenvalue weighted by atomic mass is 79.9. The van der Waals surface area contributed by atoms with Gasteiger partial charge in [-0.3, -0.25) is 4.79 Å². The van der Waals surface area contributed by atoms with E-state index in [1.807, 2.05) is 33.8 Å². The smallest absolute Gasteiger partial charge is 0.400 e. The van der Waals surface area contributed by atoms with E-state index in [0.29, 0.717) is 6.54 Å². The Morgan fingerprint density at radius 3 is 2.36 bits per heavy atom. The molecule has 0 unspecified atom stereocenters. The fraction of sp³-hybridized carbons (Fsp3) is 0.526. The van der Waals surface area contributed by atoms with Crippen molar-refractivity contribution in [2.75, 3.05) is 6.54 Å². The lowest BCUT2D eigenvalue weighted by Crippen LogP contribution is -2.41. The molecule has 1 amide bonds. The topological polar surface area (TPSA) is 47.6 Å². The molecular formula is C19H27BBrNO3. The number of hydrogen-bond acceptors (Lipinski definition) is 3. The average Bonchev–Trinajstić information content (AvgIpc) is 2.72. The second kappa shape index (κ2) is 7.64. The molecule has 2 rings (SSSR count). The Bertz CT molecular complexity index is 669. The fourth-order valence-corrected chi connectivity index (χ4v) is 3.05. The summed E-state index contributed by atoms with van der Waals surface area (Å²) in [7, 11) is -0.481. The molecule has 1 aromatic rings. The zero-order valence-electron chi connectivity index (χ0n) is 15.9. The molecule has 4 nitrogen and oxygen atoms in total. The first-order valence-corrected chi connectivity index (χ1v) is 9.44. The molecule has 0 spiro atoms. The maximum absolute atomic E-state index is 11.4. The summed E-state index contributed by atoms with van der Waals surface area (Å²) >= 11 is 3.52. The number of carbonyl (C=O) groups is 1. The highest BCUT2D eigenvalue weighted by Gasteiger charge is 2.52. The van der Waals surface area contributed by atoms with Gasteiger partial charge in [-0.25, -0.2) is 0 Å². The number of benzene rings is 1. The molecule has 1 aliphatic rings. The Morgan fingerprint density at radius 1 is 1.24 bits per heavy atom. The number of rotatable bonds is 5. The monoisotopic (exact) mass is 407 g/mol. The molecule has 1 aliphatic heterocycles. The van der Waals surface area contributed by atoms with Crippen molar-refractivity contribution in [2.24, 2.45) is 0 Å². The quantitative estimate of drug-likeness (QED) is 0.745. The molecule has 0 atom stereocenters. The Labute approximate surface area is 159 Å². The van der Waals surface area contributed by atoms with Crippen LogP contribution in [0.4, 0.5) is 0 Å². The molecule has 1 saturated heterocycles. The van der Waals surface area contributed by atoms with Crippen LogP contribution in [0.3, 0.4) is 0 Å². The van der Waals surface area contributed by atoms with E-state index in [1.165, 1.54) is 12.5 Å². The summed E-state index contributed by atoms with van der Waals surface area (Å²) in [5.41, 5.74) is 2.42. The number of hydrogen-bond donors (Lipinski definition) is 1. The highest BCUT2D eigenvalue weighted by molar-refractivity contribution is 9.10. The molecule has 0 saturated carbocycles. The zero-order chi connectivity index (χ0) is 18.8. The Hall–Kier alpha value is -1.11. The van der Waals surface area contributed by atoms with Gasteiger partial charge in [0.15, 0.2) is 0 Å². The number of carbonyl (C=O) groups excluding carboxylic acids is 1. The van der Waals surface area contributed by atoms with Gasteiger partial charge in [0.1, 0.15) is 0 Å².